The fourth-order valence-corrected chi connectivity index (χ4v) is 3.29. The molecule has 0 spiro atoms. The number of hydrogen-bond acceptors (Lipinski definition) is 7. The average molecular weight is 460 g/mol. The zero-order valence-corrected chi connectivity index (χ0v) is 19.1. The number of esters is 1. The Morgan fingerprint density at radius 1 is 0.912 bits per heavy atom. The molecule has 1 amide bonds. The van der Waals surface area contributed by atoms with E-state index in [2.05, 4.69) is 11.4 Å². The molecule has 8 heteroatoms. The van der Waals surface area contributed by atoms with E-state index in [1.165, 1.54) is 33.5 Å². The maximum Gasteiger partial charge on any atom is 0.325 e. The van der Waals surface area contributed by atoms with E-state index >= 15 is 0 Å². The smallest absolute Gasteiger partial charge is 0.325 e. The first-order chi connectivity index (χ1) is 16.5. The molecule has 0 fully saturated rings. The van der Waals surface area contributed by atoms with E-state index in [-0.39, 0.29) is 18.7 Å². The second-order valence-electron chi connectivity index (χ2n) is 7.11. The van der Waals surface area contributed by atoms with Crippen molar-refractivity contribution < 1.29 is 28.5 Å². The molecule has 8 nitrogen and oxygen atoms in total. The van der Waals surface area contributed by atoms with Crippen LogP contribution in [-0.2, 0) is 16.1 Å². The van der Waals surface area contributed by atoms with Crippen molar-refractivity contribution in [3.05, 3.63) is 77.4 Å². The summed E-state index contributed by atoms with van der Waals surface area (Å²) in [6.07, 6.45) is 0. The van der Waals surface area contributed by atoms with Gasteiger partial charge in [0, 0.05) is 5.56 Å². The Labute approximate surface area is 197 Å². The lowest BCUT2D eigenvalue weighted by Crippen LogP contribution is -2.30. The number of benzene rings is 3. The van der Waals surface area contributed by atoms with E-state index < -0.39 is 11.9 Å². The van der Waals surface area contributed by atoms with E-state index in [1.807, 2.05) is 42.5 Å². The third-order valence-corrected chi connectivity index (χ3v) is 5.03. The van der Waals surface area contributed by atoms with Crippen molar-refractivity contribution in [1.82, 2.24) is 5.32 Å². The molecule has 174 valence electrons. The maximum absolute atomic E-state index is 12.5. The number of ether oxygens (including phenoxy) is 4. The first-order valence-electron chi connectivity index (χ1n) is 10.3. The molecule has 0 saturated heterocycles. The van der Waals surface area contributed by atoms with Gasteiger partial charge in [-0.3, -0.25) is 9.59 Å². The molecule has 0 atom stereocenters. The van der Waals surface area contributed by atoms with Gasteiger partial charge in [0.05, 0.1) is 33.0 Å². The van der Waals surface area contributed by atoms with Gasteiger partial charge in [0.2, 0.25) is 5.75 Å². The molecular weight excluding hydrogens is 436 g/mol. The lowest BCUT2D eigenvalue weighted by Gasteiger charge is -2.14. The van der Waals surface area contributed by atoms with E-state index in [0.29, 0.717) is 22.8 Å². The van der Waals surface area contributed by atoms with Crippen molar-refractivity contribution in [2.75, 3.05) is 27.9 Å². The monoisotopic (exact) mass is 460 g/mol. The number of nitrogens with zero attached hydrogens (tertiary/aromatic N) is 1. The molecule has 1 N–H and O–H groups in total. The normalized spacial score (nSPS) is 10.1. The second kappa shape index (κ2) is 11.4. The molecule has 3 aromatic carbocycles. The molecule has 0 bridgehead atoms. The SMILES string of the molecule is COc1cc(C(=O)NCC(=O)OCc2ccc(-c3ccccc3C#N)cc2)cc(OC)c1OC. The van der Waals surface area contributed by atoms with Crippen molar-refractivity contribution in [2.45, 2.75) is 6.61 Å². The van der Waals surface area contributed by atoms with E-state index in [1.54, 1.807) is 6.07 Å². The maximum atomic E-state index is 12.5. The molecule has 0 aromatic heterocycles. The third-order valence-electron chi connectivity index (χ3n) is 5.03. The Morgan fingerprint density at radius 2 is 1.56 bits per heavy atom. The molecule has 0 aliphatic carbocycles. The Morgan fingerprint density at radius 3 is 2.15 bits per heavy atom. The fraction of sp³-hybridized carbons (Fsp3) is 0.192. The lowest BCUT2D eigenvalue weighted by atomic mass is 9.99. The van der Waals surface area contributed by atoms with E-state index in [0.717, 1.165) is 16.7 Å². The molecule has 3 rings (SSSR count). The Hall–Kier alpha value is -4.51. The van der Waals surface area contributed by atoms with Gasteiger partial charge in [-0.05, 0) is 34.9 Å². The van der Waals surface area contributed by atoms with Crippen LogP contribution in [0, 0.1) is 11.3 Å². The summed E-state index contributed by atoms with van der Waals surface area (Å²) in [5.41, 5.74) is 3.34. The number of nitriles is 1. The van der Waals surface area contributed by atoms with Crippen molar-refractivity contribution in [2.24, 2.45) is 0 Å². The minimum atomic E-state index is -0.584. The predicted molar refractivity (Wildman–Crippen MR) is 125 cm³/mol. The number of methoxy groups -OCH3 is 3. The summed E-state index contributed by atoms with van der Waals surface area (Å²) >= 11 is 0. The van der Waals surface area contributed by atoms with Gasteiger partial charge in [0.25, 0.3) is 5.91 Å². The van der Waals surface area contributed by atoms with Crippen LogP contribution in [0.1, 0.15) is 21.5 Å². The Balaban J connectivity index is 1.56. The molecule has 0 unspecified atom stereocenters. The quantitative estimate of drug-likeness (QED) is 0.485. The van der Waals surface area contributed by atoms with Crippen LogP contribution in [0.3, 0.4) is 0 Å². The lowest BCUT2D eigenvalue weighted by molar-refractivity contribution is -0.143. The van der Waals surface area contributed by atoms with Crippen LogP contribution in [0.25, 0.3) is 11.1 Å². The molecule has 34 heavy (non-hydrogen) atoms. The van der Waals surface area contributed by atoms with Gasteiger partial charge in [0.15, 0.2) is 11.5 Å². The number of amides is 1. The average Bonchev–Trinajstić information content (AvgIpc) is 2.89. The third kappa shape index (κ3) is 5.64. The van der Waals surface area contributed by atoms with Gasteiger partial charge in [-0.2, -0.15) is 5.26 Å². The standard InChI is InChI=1S/C26H24N2O6/c1-31-22-12-20(13-23(32-2)25(22)33-3)26(30)28-15-24(29)34-16-17-8-10-18(11-9-17)21-7-5-4-6-19(21)14-27/h4-13H,15-16H2,1-3H3,(H,28,30). The van der Waals surface area contributed by atoms with Crippen molar-refractivity contribution in [1.29, 1.82) is 5.26 Å². The summed E-state index contributed by atoms with van der Waals surface area (Å²) in [6.45, 7) is -0.248. The van der Waals surface area contributed by atoms with Gasteiger partial charge in [-0.1, -0.05) is 42.5 Å². The van der Waals surface area contributed by atoms with Crippen LogP contribution in [-0.4, -0.2) is 39.8 Å². The minimum absolute atomic E-state index is 0.0546. The molecule has 0 heterocycles. The highest BCUT2D eigenvalue weighted by atomic mass is 16.5. The van der Waals surface area contributed by atoms with Gasteiger partial charge >= 0.3 is 5.97 Å². The van der Waals surface area contributed by atoms with Crippen LogP contribution in [0.15, 0.2) is 60.7 Å². The predicted octanol–water partition coefficient (Wildman–Crippen LogP) is 3.72. The fourth-order valence-electron chi connectivity index (χ4n) is 3.29. The Bertz CT molecular complexity index is 1190. The van der Waals surface area contributed by atoms with Crippen LogP contribution in [0.4, 0.5) is 0 Å². The van der Waals surface area contributed by atoms with Gasteiger partial charge in [0.1, 0.15) is 13.2 Å². The largest absolute Gasteiger partial charge is 0.493 e. The van der Waals surface area contributed by atoms with Gasteiger partial charge < -0.3 is 24.3 Å². The van der Waals surface area contributed by atoms with Gasteiger partial charge in [-0.25, -0.2) is 0 Å². The summed E-state index contributed by atoms with van der Waals surface area (Å²) in [6, 6.07) is 19.9. The van der Waals surface area contributed by atoms with Crippen LogP contribution < -0.4 is 19.5 Å². The van der Waals surface area contributed by atoms with Crippen molar-refractivity contribution in [3.63, 3.8) is 0 Å². The van der Waals surface area contributed by atoms with E-state index in [4.69, 9.17) is 18.9 Å². The Kier molecular flexibility index (Phi) is 8.08. The first-order valence-corrected chi connectivity index (χ1v) is 10.3. The van der Waals surface area contributed by atoms with E-state index in [9.17, 15) is 14.9 Å². The van der Waals surface area contributed by atoms with Crippen molar-refractivity contribution in [3.8, 4) is 34.4 Å². The summed E-state index contributed by atoms with van der Waals surface area (Å²) in [7, 11) is 4.37. The number of hydrogen-bond donors (Lipinski definition) is 1. The van der Waals surface area contributed by atoms with Crippen molar-refractivity contribution >= 4 is 11.9 Å². The molecule has 0 radical (unpaired) electrons. The molecular formula is C26H24N2O6. The second-order valence-corrected chi connectivity index (χ2v) is 7.11. The number of carbonyl (C=O) groups excluding carboxylic acids is 2. The minimum Gasteiger partial charge on any atom is -0.493 e. The highest BCUT2D eigenvalue weighted by Gasteiger charge is 2.17. The molecule has 0 saturated carbocycles. The number of nitrogens with one attached hydrogen (secondary N) is 1. The summed E-state index contributed by atoms with van der Waals surface area (Å²) in [4.78, 5) is 24.6. The highest BCUT2D eigenvalue weighted by molar-refractivity contribution is 5.97. The van der Waals surface area contributed by atoms with Crippen LogP contribution in [0.2, 0.25) is 0 Å². The molecule has 3 aromatic rings. The highest BCUT2D eigenvalue weighted by Crippen LogP contribution is 2.38. The topological polar surface area (TPSA) is 107 Å². The summed E-state index contributed by atoms with van der Waals surface area (Å²) in [5.74, 6) is -0.0506. The van der Waals surface area contributed by atoms with Crippen LogP contribution in [0.5, 0.6) is 17.2 Å². The number of carbonyl (C=O) groups is 2. The molecule has 0 aliphatic rings. The first kappa shape index (κ1) is 24.1. The van der Waals surface area contributed by atoms with Crippen LogP contribution >= 0.6 is 0 Å². The zero-order chi connectivity index (χ0) is 24.5. The number of rotatable bonds is 9. The summed E-state index contributed by atoms with van der Waals surface area (Å²) in [5, 5.41) is 11.8. The molecule has 0 aliphatic heterocycles. The zero-order valence-electron chi connectivity index (χ0n) is 19.1. The summed E-state index contributed by atoms with van der Waals surface area (Å²) < 4.78 is 21.0. The van der Waals surface area contributed by atoms with Gasteiger partial charge in [-0.15, -0.1) is 0 Å².